The molecule has 24 atom stereocenters. The van der Waals surface area contributed by atoms with Gasteiger partial charge in [0.1, 0.15) is 95.7 Å². The lowest BCUT2D eigenvalue weighted by molar-refractivity contribution is -0.134. The van der Waals surface area contributed by atoms with Crippen LogP contribution >= 0.6 is 29.0 Å². The van der Waals surface area contributed by atoms with E-state index in [1.165, 1.54) is 112 Å². The largest absolute Gasteiger partial charge is 0.393 e. The van der Waals surface area contributed by atoms with Gasteiger partial charge in [0.2, 0.25) is 20.5 Å². The second-order valence-electron chi connectivity index (χ2n) is 25.8. The van der Waals surface area contributed by atoms with E-state index in [1.54, 1.807) is 0 Å². The first-order valence-electron chi connectivity index (χ1n) is 31.5. The minimum atomic E-state index is -3.80. The highest BCUT2D eigenvalue weighted by Crippen LogP contribution is 2.57. The molecule has 5 fully saturated rings. The minimum absolute atomic E-state index is 0.0267. The molecule has 0 aromatic rings. The molecule has 0 bridgehead atoms. The van der Waals surface area contributed by atoms with Crippen molar-refractivity contribution in [1.82, 2.24) is 51.1 Å². The lowest BCUT2D eigenvalue weighted by Crippen LogP contribution is -2.46. The molecular formula is C60H88N14O29P4. The van der Waals surface area contributed by atoms with Crippen molar-refractivity contribution in [1.29, 1.82) is 0 Å². The van der Waals surface area contributed by atoms with E-state index in [0.29, 0.717) is 0 Å². The summed E-state index contributed by atoms with van der Waals surface area (Å²) in [6, 6.07) is 0. The number of hydrogen-bond donors (Lipinski definition) is 22. The Morgan fingerprint density at radius 3 is 1.26 bits per heavy atom. The monoisotopic (exact) mass is 1590 g/mol. The minimum Gasteiger partial charge on any atom is -0.393 e. The van der Waals surface area contributed by atoms with Gasteiger partial charge in [-0.1, -0.05) is 50.6 Å². The van der Waals surface area contributed by atoms with Gasteiger partial charge in [-0.15, -0.1) is 0 Å². The van der Waals surface area contributed by atoms with Crippen LogP contribution in [0, 0.1) is 6.57 Å². The summed E-state index contributed by atoms with van der Waals surface area (Å²) in [4.78, 5) is 107. The first kappa shape index (κ1) is 88.4. The van der Waals surface area contributed by atoms with Gasteiger partial charge in [-0.05, 0) is 44.1 Å². The summed E-state index contributed by atoms with van der Waals surface area (Å²) >= 11 is 0. The highest BCUT2D eigenvalue weighted by atomic mass is 31.2. The van der Waals surface area contributed by atoms with E-state index in [2.05, 4.69) is 86.9 Å². The molecule has 10 rings (SSSR count). The van der Waals surface area contributed by atoms with Crippen LogP contribution in [-0.4, -0.2) is 325 Å². The first-order valence-corrected chi connectivity index (χ1v) is 40.6. The summed E-state index contributed by atoms with van der Waals surface area (Å²) in [6.45, 7) is 27.4. The Bertz CT molecular complexity index is 3930. The number of azide groups is 1. The Kier molecular flexibility index (Phi) is 29.3. The van der Waals surface area contributed by atoms with Crippen molar-refractivity contribution in [3.05, 3.63) is 157 Å². The lowest BCUT2D eigenvalue weighted by Gasteiger charge is -2.33. The zero-order valence-electron chi connectivity index (χ0n) is 57.5. The van der Waals surface area contributed by atoms with E-state index in [4.69, 9.17) is 35.8 Å². The third-order valence-corrected chi connectivity index (χ3v) is 26.6. The van der Waals surface area contributed by atoms with Crippen LogP contribution in [0.5, 0.6) is 0 Å². The predicted molar refractivity (Wildman–Crippen MR) is 377 cm³/mol. The van der Waals surface area contributed by atoms with E-state index >= 15 is 0 Å². The van der Waals surface area contributed by atoms with Gasteiger partial charge in [0.05, 0.1) is 31.1 Å². The van der Waals surface area contributed by atoms with Gasteiger partial charge in [-0.25, -0.2) is 6.57 Å². The molecule has 47 heteroatoms. The number of hydrogen-bond acceptors (Lipinski definition) is 33. The fourth-order valence-electron chi connectivity index (χ4n) is 11.3. The van der Waals surface area contributed by atoms with Gasteiger partial charge < -0.3 is 156 Å². The van der Waals surface area contributed by atoms with Gasteiger partial charge in [0.25, 0.3) is 29.5 Å². The van der Waals surface area contributed by atoms with Crippen molar-refractivity contribution in [3.8, 4) is 0 Å². The molecular weight excluding hydrogens is 1500 g/mol. The second kappa shape index (κ2) is 35.4. The maximum absolute atomic E-state index is 12.1. The van der Waals surface area contributed by atoms with Crippen LogP contribution < -0.4 is 26.6 Å². The fraction of sp³-hybridized carbons (Fsp3) is 0.500. The van der Waals surface area contributed by atoms with Gasteiger partial charge in [-0.3, -0.25) is 42.7 Å². The Hall–Kier alpha value is -7.53. The summed E-state index contributed by atoms with van der Waals surface area (Å²) in [5, 5.41) is 143. The van der Waals surface area contributed by atoms with Crippen molar-refractivity contribution >= 4 is 71.1 Å². The number of aliphatic hydroxyl groups excluding tert-OH is 13. The van der Waals surface area contributed by atoms with Gasteiger partial charge in [0, 0.05) is 86.7 Å². The number of nitrogens with one attached hydrogen (secondary N) is 5. The number of amides is 5. The molecule has 0 aromatic heterocycles. The molecule has 5 saturated heterocycles. The number of carbonyl (C=O) groups excluding carboxylic acids is 5. The molecule has 10 aliphatic rings. The molecule has 10 heterocycles. The summed E-state index contributed by atoms with van der Waals surface area (Å²) < 4.78 is 51.4. The topological polar surface area (TPSA) is 639 Å². The number of aliphatic hydroxyl groups is 13. The van der Waals surface area contributed by atoms with Crippen LogP contribution in [0.3, 0.4) is 0 Å². The standard InChI is InChI=1S/C14H24N2O7P2.C14H22N2O7P2.C11H13N3O5.C11H16N2O5.C10H13N5O5/c2*1-9-15-11(17)4-6-16(9)14-13(19)12(18)10(23-14)5-7-25(21,22)8-24(2,3)20;1-6-13-7(16)3-4-14(6)10-8(17)9(18)11(5-15,12-2)19-10;1-6-12-7(15)3-4-13(6)10-8(16)9(17)11(2,5-14)18-10;1-5-12-6(17)2-3-15(5)9-7(18)8(19)10(4-16,20-9)13-14-11/h4,6,10,12-14,18-20H,1-2,5,7-8H2,3H3,(H,15,17)(H,21,22);4-7,10,12-14,18-20H,1-2,8H2,3H3,(H,15,17)(H,21,22);3-4,8-10,15,17-18H,1,5H2,(H,13,16);3-4,8-10,14,16-17H,1,5H2,2H3,(H,12,15);2-3,7-9,16,18-19H,1,4H2,(H,12,17)/b;7-5+;;;/t2*10-,12?,13+,14-,24?;2*8-,9?,10+,11+;7-,8?,9+,10+/m11000/s1. The molecule has 0 radical (unpaired) electrons. The zero-order chi connectivity index (χ0) is 80.6. The molecule has 9 unspecified atom stereocenters. The molecule has 0 spiro atoms. The second-order valence-corrected chi connectivity index (χ2v) is 37.4. The zero-order valence-corrected chi connectivity index (χ0v) is 61.0. The maximum atomic E-state index is 12.1. The van der Waals surface area contributed by atoms with Crippen molar-refractivity contribution in [3.63, 3.8) is 0 Å². The SMILES string of the molecule is C=C1NC(=O)C=CN1[C@@H]1O[C@@](CO)(N=[N+]=[N-])C(O)[C@@H]1O.C=C1NC(=O)C=CN1[C@@H]1O[C@H](/C=C/P(=O)(O)CP(=C)(C)O)C(O)[C@@H]1O.C=C1NC(=O)C=CN1[C@@H]1O[C@H](CCP(=O)(O)CP(=C)(C)O)C(O)[C@@H]1O.C=C1NC(=O)C=CN1[C@@H]1O[C@](C)(CO)C(O)[C@@H]1O.[C-]#[N+][C@]1(CO)O[C@@H](N2C=CC(=O)NC2=C)[C@@H](O)C1O. The normalized spacial score (nSPS) is 36.6. The maximum Gasteiger partial charge on any atom is 0.390 e. The van der Waals surface area contributed by atoms with Crippen LogP contribution in [0.2, 0.25) is 0 Å². The van der Waals surface area contributed by atoms with Crippen molar-refractivity contribution in [2.24, 2.45) is 5.11 Å². The van der Waals surface area contributed by atoms with Gasteiger partial charge >= 0.3 is 5.72 Å². The average molecular weight is 1590 g/mol. The highest BCUT2D eigenvalue weighted by Gasteiger charge is 2.62. The van der Waals surface area contributed by atoms with Gasteiger partial charge in [0.15, 0.2) is 43.9 Å². The fourth-order valence-corrected chi connectivity index (χ4v) is 20.7. The molecule has 0 aromatic carbocycles. The molecule has 10 aliphatic heterocycles. The molecule has 22 N–H and O–H groups in total. The number of carbonyl (C=O) groups is 5. The van der Waals surface area contributed by atoms with Crippen molar-refractivity contribution in [2.45, 2.75) is 135 Å². The third-order valence-electron chi connectivity index (χ3n) is 16.7. The van der Waals surface area contributed by atoms with Crippen LogP contribution in [0.4, 0.5) is 0 Å². The van der Waals surface area contributed by atoms with Crippen LogP contribution in [-0.2, 0) is 56.8 Å². The quantitative estimate of drug-likeness (QED) is 0.0200. The lowest BCUT2D eigenvalue weighted by atomic mass is 9.98. The molecule has 5 amide bonds. The number of ether oxygens (including phenoxy) is 5. The molecule has 0 saturated carbocycles. The van der Waals surface area contributed by atoms with E-state index < -0.39 is 176 Å². The van der Waals surface area contributed by atoms with Crippen LogP contribution in [0.1, 0.15) is 13.3 Å². The number of nitrogens with zero attached hydrogens (tertiary/aromatic N) is 9. The van der Waals surface area contributed by atoms with Gasteiger partial charge in [-0.2, -0.15) is 0 Å². The Morgan fingerprint density at radius 1 is 0.533 bits per heavy atom. The van der Waals surface area contributed by atoms with E-state index in [9.17, 15) is 119 Å². The smallest absolute Gasteiger partial charge is 0.390 e. The Balaban J connectivity index is 0.000000211. The summed E-state index contributed by atoms with van der Waals surface area (Å²) in [7, 11) is -12.8. The Morgan fingerprint density at radius 2 is 0.907 bits per heavy atom. The van der Waals surface area contributed by atoms with Crippen molar-refractivity contribution in [2.75, 3.05) is 51.1 Å². The number of rotatable bonds is 18. The van der Waals surface area contributed by atoms with E-state index in [1.807, 2.05) is 0 Å². The van der Waals surface area contributed by atoms with E-state index in [-0.39, 0.29) is 77.1 Å². The van der Waals surface area contributed by atoms with Crippen LogP contribution in [0.15, 0.2) is 140 Å². The first-order chi connectivity index (χ1) is 49.6. The third kappa shape index (κ3) is 21.5. The van der Waals surface area contributed by atoms with Crippen LogP contribution in [0.25, 0.3) is 15.3 Å². The van der Waals surface area contributed by atoms with Crippen molar-refractivity contribution < 1.29 is 143 Å². The molecule has 43 nitrogen and oxygen atoms in total. The molecule has 107 heavy (non-hydrogen) atoms. The Labute approximate surface area is 610 Å². The van der Waals surface area contributed by atoms with E-state index in [0.717, 1.165) is 5.82 Å². The summed E-state index contributed by atoms with van der Waals surface area (Å²) in [6.07, 6.45) is -0.137. The highest BCUT2D eigenvalue weighted by molar-refractivity contribution is 7.81. The molecule has 592 valence electrons. The molecule has 0 aliphatic carbocycles. The predicted octanol–water partition coefficient (Wildman–Crippen LogP) is -6.17. The summed E-state index contributed by atoms with van der Waals surface area (Å²) in [5.74, 6) is -0.662. The summed E-state index contributed by atoms with van der Waals surface area (Å²) in [5.41, 5.74) is 3.32. The average Bonchev–Trinajstić information content (AvgIpc) is 1.63.